The zero-order valence-electron chi connectivity index (χ0n) is 21.8. The summed E-state index contributed by atoms with van der Waals surface area (Å²) in [6.45, 7) is 0.332. The molecule has 0 bridgehead atoms. The Balaban J connectivity index is 1.30. The number of furan rings is 1. The van der Waals surface area contributed by atoms with Crippen LogP contribution in [0, 0.1) is 5.82 Å². The highest BCUT2D eigenvalue weighted by Gasteiger charge is 2.14. The zero-order chi connectivity index (χ0) is 29.0. The van der Waals surface area contributed by atoms with Crippen molar-refractivity contribution >= 4 is 43.8 Å². The van der Waals surface area contributed by atoms with Crippen molar-refractivity contribution in [1.29, 1.82) is 0 Å². The van der Waals surface area contributed by atoms with E-state index in [1.165, 1.54) is 18.5 Å². The van der Waals surface area contributed by atoms with E-state index in [-0.39, 0.29) is 19.0 Å². The molecular formula is C29H26ClFN4O5S. The fourth-order valence-electron chi connectivity index (χ4n) is 4.12. The lowest BCUT2D eigenvalue weighted by Gasteiger charge is -2.12. The Morgan fingerprint density at radius 3 is 2.71 bits per heavy atom. The first-order chi connectivity index (χ1) is 19.6. The number of hydrogen-bond acceptors (Lipinski definition) is 9. The molecule has 12 heteroatoms. The average Bonchev–Trinajstić information content (AvgIpc) is 3.40. The van der Waals surface area contributed by atoms with Gasteiger partial charge < -0.3 is 19.6 Å². The smallest absolute Gasteiger partial charge is 0.151 e. The molecule has 0 saturated heterocycles. The normalized spacial score (nSPS) is 12.4. The van der Waals surface area contributed by atoms with E-state index in [4.69, 9.17) is 20.8 Å². The molecule has 0 saturated carbocycles. The second kappa shape index (κ2) is 12.2. The van der Waals surface area contributed by atoms with Crippen LogP contribution < -0.4 is 15.4 Å². The molecule has 2 aromatic heterocycles. The number of halogens is 2. The van der Waals surface area contributed by atoms with Crippen molar-refractivity contribution in [3.63, 3.8) is 0 Å². The van der Waals surface area contributed by atoms with E-state index in [0.29, 0.717) is 44.9 Å². The van der Waals surface area contributed by atoms with E-state index >= 15 is 0 Å². The second-order valence-electron chi connectivity index (χ2n) is 9.40. The lowest BCUT2D eigenvalue weighted by atomic mass is 10.1. The van der Waals surface area contributed by atoms with Gasteiger partial charge in [0.15, 0.2) is 9.84 Å². The van der Waals surface area contributed by atoms with Crippen LogP contribution in [-0.2, 0) is 23.0 Å². The first-order valence-electron chi connectivity index (χ1n) is 12.5. The third kappa shape index (κ3) is 7.59. The summed E-state index contributed by atoms with van der Waals surface area (Å²) in [6.07, 6.45) is 1.32. The maximum absolute atomic E-state index is 13.4. The number of hydrogen-bond donors (Lipinski definition) is 3. The van der Waals surface area contributed by atoms with Crippen LogP contribution in [0.4, 0.5) is 15.9 Å². The maximum atomic E-state index is 13.4. The fraction of sp³-hybridized carbons (Fsp3) is 0.172. The molecule has 2 heterocycles. The lowest BCUT2D eigenvalue weighted by Crippen LogP contribution is -2.34. The first kappa shape index (κ1) is 28.5. The number of aliphatic hydroxyl groups excluding tert-OH is 1. The number of nitrogens with one attached hydrogen (secondary N) is 2. The van der Waals surface area contributed by atoms with Gasteiger partial charge in [0.05, 0.1) is 22.8 Å². The van der Waals surface area contributed by atoms with Gasteiger partial charge in [0.25, 0.3) is 0 Å². The number of aromatic nitrogens is 2. The summed E-state index contributed by atoms with van der Waals surface area (Å²) in [6, 6.07) is 20.6. The van der Waals surface area contributed by atoms with Crippen molar-refractivity contribution in [2.45, 2.75) is 19.4 Å². The van der Waals surface area contributed by atoms with Gasteiger partial charge in [-0.2, -0.15) is 0 Å². The highest BCUT2D eigenvalue weighted by Crippen LogP contribution is 2.33. The molecule has 9 nitrogen and oxygen atoms in total. The Morgan fingerprint density at radius 1 is 1.07 bits per heavy atom. The van der Waals surface area contributed by atoms with Gasteiger partial charge in [0.1, 0.15) is 48.1 Å². The molecule has 0 amide bonds. The Labute approximate surface area is 240 Å². The van der Waals surface area contributed by atoms with Crippen LogP contribution in [0.15, 0.2) is 83.5 Å². The summed E-state index contributed by atoms with van der Waals surface area (Å²) in [5.74, 6) is 1.41. The molecular weight excluding hydrogens is 571 g/mol. The molecule has 0 radical (unpaired) electrons. The van der Waals surface area contributed by atoms with Gasteiger partial charge in [-0.15, -0.1) is 0 Å². The average molecular weight is 597 g/mol. The number of benzene rings is 3. The van der Waals surface area contributed by atoms with Gasteiger partial charge in [0, 0.05) is 22.9 Å². The topological polar surface area (TPSA) is 127 Å². The molecule has 0 aliphatic heterocycles. The highest BCUT2D eigenvalue weighted by atomic mass is 35.5. The minimum Gasteiger partial charge on any atom is -0.487 e. The Morgan fingerprint density at radius 2 is 1.93 bits per heavy atom. The van der Waals surface area contributed by atoms with Crippen molar-refractivity contribution in [1.82, 2.24) is 15.3 Å². The van der Waals surface area contributed by atoms with E-state index < -0.39 is 21.8 Å². The number of fused-ring (bicyclic) bond motifs is 1. The zero-order valence-corrected chi connectivity index (χ0v) is 23.4. The Hall–Kier alpha value is -4.03. The van der Waals surface area contributed by atoms with Gasteiger partial charge in [-0.25, -0.2) is 22.8 Å². The van der Waals surface area contributed by atoms with Crippen LogP contribution in [0.1, 0.15) is 11.3 Å². The third-order valence-electron chi connectivity index (χ3n) is 6.03. The maximum Gasteiger partial charge on any atom is 0.151 e. The first-order valence-corrected chi connectivity index (χ1v) is 14.9. The summed E-state index contributed by atoms with van der Waals surface area (Å²) in [5.41, 5.74) is 2.86. The molecule has 5 rings (SSSR count). The van der Waals surface area contributed by atoms with Gasteiger partial charge in [-0.3, -0.25) is 5.32 Å². The number of nitrogens with zero attached hydrogens (tertiary/aromatic N) is 2. The summed E-state index contributed by atoms with van der Waals surface area (Å²) in [4.78, 5) is 8.76. The van der Waals surface area contributed by atoms with E-state index in [1.807, 2.05) is 18.2 Å². The van der Waals surface area contributed by atoms with Gasteiger partial charge in [-0.05, 0) is 66.2 Å². The van der Waals surface area contributed by atoms with Crippen molar-refractivity contribution < 1.29 is 27.1 Å². The van der Waals surface area contributed by atoms with Crippen molar-refractivity contribution in [3.8, 4) is 17.1 Å². The number of sulfone groups is 1. The lowest BCUT2D eigenvalue weighted by molar-refractivity contribution is 0.154. The van der Waals surface area contributed by atoms with Gasteiger partial charge in [-0.1, -0.05) is 23.7 Å². The molecule has 1 atom stereocenters. The second-order valence-corrected chi connectivity index (χ2v) is 12.0. The summed E-state index contributed by atoms with van der Waals surface area (Å²) in [5, 5.41) is 17.0. The van der Waals surface area contributed by atoms with E-state index in [0.717, 1.165) is 17.2 Å². The van der Waals surface area contributed by atoms with Crippen LogP contribution in [0.25, 0.3) is 22.2 Å². The summed E-state index contributed by atoms with van der Waals surface area (Å²) in [7, 11) is -3.32. The van der Waals surface area contributed by atoms with E-state index in [1.54, 1.807) is 42.5 Å². The number of aliphatic hydroxyl groups is 1. The van der Waals surface area contributed by atoms with Crippen LogP contribution in [0.2, 0.25) is 5.02 Å². The highest BCUT2D eigenvalue weighted by molar-refractivity contribution is 7.90. The standard InChI is InChI=1S/C29H26ClFN4O5S/c1-41(37,38)16-28(36)32-14-22-7-10-26(40-22)19-5-8-25-23(12-19)29(34-17-33-25)35-21-6-9-27(24(30)13-21)39-15-18-3-2-4-20(31)11-18/h2-13,17,28,32,36H,14-16H2,1H3,(H,33,34,35). The summed E-state index contributed by atoms with van der Waals surface area (Å²) < 4.78 is 47.8. The van der Waals surface area contributed by atoms with E-state index in [9.17, 15) is 17.9 Å². The number of rotatable bonds is 11. The minimum absolute atomic E-state index is 0.156. The van der Waals surface area contributed by atoms with E-state index in [2.05, 4.69) is 20.6 Å². The molecule has 0 fully saturated rings. The molecule has 3 N–H and O–H groups in total. The molecule has 41 heavy (non-hydrogen) atoms. The SMILES string of the molecule is CS(=O)(=O)CC(O)NCc1ccc(-c2ccc3ncnc(Nc4ccc(OCc5cccc(F)c5)c(Cl)c4)c3c2)o1. The minimum atomic E-state index is -3.32. The fourth-order valence-corrected chi connectivity index (χ4v) is 5.05. The number of anilines is 2. The van der Waals surface area contributed by atoms with Crippen LogP contribution in [0.5, 0.6) is 5.75 Å². The Kier molecular flexibility index (Phi) is 8.50. The van der Waals surface area contributed by atoms with Gasteiger partial charge >= 0.3 is 0 Å². The summed E-state index contributed by atoms with van der Waals surface area (Å²) >= 11 is 6.46. The van der Waals surface area contributed by atoms with Crippen molar-refractivity contribution in [3.05, 3.63) is 101 Å². The number of ether oxygens (including phenoxy) is 1. The van der Waals surface area contributed by atoms with Gasteiger partial charge in [0.2, 0.25) is 0 Å². The molecule has 0 aliphatic rings. The predicted octanol–water partition coefficient (Wildman–Crippen LogP) is 5.46. The quantitative estimate of drug-likeness (QED) is 0.170. The third-order valence-corrected chi connectivity index (χ3v) is 7.25. The largest absolute Gasteiger partial charge is 0.487 e. The molecule has 5 aromatic rings. The van der Waals surface area contributed by atoms with Crippen LogP contribution in [0.3, 0.4) is 0 Å². The monoisotopic (exact) mass is 596 g/mol. The van der Waals surface area contributed by atoms with Crippen molar-refractivity contribution in [2.75, 3.05) is 17.3 Å². The van der Waals surface area contributed by atoms with Crippen molar-refractivity contribution in [2.24, 2.45) is 0 Å². The molecule has 212 valence electrons. The molecule has 1 unspecified atom stereocenters. The molecule has 0 aliphatic carbocycles. The predicted molar refractivity (Wildman–Crippen MR) is 155 cm³/mol. The molecule has 0 spiro atoms. The van der Waals surface area contributed by atoms with Crippen LogP contribution in [-0.4, -0.2) is 41.7 Å². The van der Waals surface area contributed by atoms with Crippen LogP contribution >= 0.6 is 11.6 Å². The Bertz CT molecular complexity index is 1800. The molecule has 3 aromatic carbocycles.